The Morgan fingerprint density at radius 2 is 2.10 bits per heavy atom. The van der Waals surface area contributed by atoms with Crippen LogP contribution in [0.5, 0.6) is 0 Å². The number of amides is 1. The molecule has 1 amide bonds. The zero-order valence-electron chi connectivity index (χ0n) is 10.9. The Morgan fingerprint density at radius 3 is 2.70 bits per heavy atom. The van der Waals surface area contributed by atoms with Crippen molar-refractivity contribution in [3.05, 3.63) is 33.8 Å². The van der Waals surface area contributed by atoms with Gasteiger partial charge in [0, 0.05) is 41.5 Å². The molecule has 1 saturated heterocycles. The van der Waals surface area contributed by atoms with E-state index in [-0.39, 0.29) is 30.2 Å². The lowest BCUT2D eigenvalue weighted by Crippen LogP contribution is -2.48. The van der Waals surface area contributed by atoms with Crippen LogP contribution in [0.25, 0.3) is 0 Å². The van der Waals surface area contributed by atoms with Gasteiger partial charge in [-0.05, 0) is 30.0 Å². The van der Waals surface area contributed by atoms with Crippen LogP contribution in [0.1, 0.15) is 17.9 Å². The smallest absolute Gasteiger partial charge is 0.223 e. The highest BCUT2D eigenvalue weighted by Crippen LogP contribution is 2.50. The molecule has 6 heteroatoms. The number of rotatable bonds is 4. The number of benzene rings is 1. The minimum atomic E-state index is 0. The Kier molecular flexibility index (Phi) is 5.19. The van der Waals surface area contributed by atoms with Crippen molar-refractivity contribution < 1.29 is 4.79 Å². The molecular formula is C14H17Cl3N2O. The van der Waals surface area contributed by atoms with Gasteiger partial charge in [0.05, 0.1) is 0 Å². The van der Waals surface area contributed by atoms with Gasteiger partial charge in [0.15, 0.2) is 0 Å². The van der Waals surface area contributed by atoms with E-state index in [2.05, 4.69) is 10.6 Å². The highest BCUT2D eigenvalue weighted by Gasteiger charge is 2.44. The van der Waals surface area contributed by atoms with Crippen LogP contribution < -0.4 is 10.6 Å². The van der Waals surface area contributed by atoms with E-state index in [1.54, 1.807) is 6.07 Å². The SMILES string of the molecule is Cl.O=C(NCC1CNC1)C1CC1c1ccc(Cl)cc1Cl. The van der Waals surface area contributed by atoms with Crippen molar-refractivity contribution in [3.8, 4) is 0 Å². The minimum absolute atomic E-state index is 0. The Balaban J connectivity index is 0.00000147. The molecule has 1 aliphatic carbocycles. The molecule has 1 saturated carbocycles. The summed E-state index contributed by atoms with van der Waals surface area (Å²) in [6.07, 6.45) is 0.885. The number of hydrogen-bond donors (Lipinski definition) is 2. The summed E-state index contributed by atoms with van der Waals surface area (Å²) >= 11 is 12.0. The van der Waals surface area contributed by atoms with Crippen molar-refractivity contribution in [2.24, 2.45) is 11.8 Å². The molecule has 3 nitrogen and oxygen atoms in total. The maximum absolute atomic E-state index is 12.0. The molecule has 2 unspecified atom stereocenters. The van der Waals surface area contributed by atoms with Crippen molar-refractivity contribution in [1.29, 1.82) is 0 Å². The molecular weight excluding hydrogens is 319 g/mol. The maximum atomic E-state index is 12.0. The molecule has 0 aromatic heterocycles. The van der Waals surface area contributed by atoms with Crippen LogP contribution in [-0.2, 0) is 4.79 Å². The van der Waals surface area contributed by atoms with E-state index in [0.717, 1.165) is 31.6 Å². The Labute approximate surface area is 134 Å². The fourth-order valence-corrected chi connectivity index (χ4v) is 3.05. The van der Waals surface area contributed by atoms with Crippen molar-refractivity contribution in [3.63, 3.8) is 0 Å². The fourth-order valence-electron chi connectivity index (χ4n) is 2.50. The van der Waals surface area contributed by atoms with Gasteiger partial charge in [0.2, 0.25) is 5.91 Å². The van der Waals surface area contributed by atoms with Gasteiger partial charge in [-0.1, -0.05) is 29.3 Å². The lowest BCUT2D eigenvalue weighted by atomic mass is 10.0. The van der Waals surface area contributed by atoms with E-state index in [9.17, 15) is 4.79 Å². The highest BCUT2D eigenvalue weighted by molar-refractivity contribution is 6.35. The second kappa shape index (κ2) is 6.52. The molecule has 1 aromatic rings. The van der Waals surface area contributed by atoms with E-state index in [4.69, 9.17) is 23.2 Å². The van der Waals surface area contributed by atoms with Crippen LogP contribution in [0.3, 0.4) is 0 Å². The number of carbonyl (C=O) groups excluding carboxylic acids is 1. The highest BCUT2D eigenvalue weighted by atomic mass is 35.5. The van der Waals surface area contributed by atoms with Crippen LogP contribution in [0.4, 0.5) is 0 Å². The monoisotopic (exact) mass is 334 g/mol. The second-order valence-electron chi connectivity index (χ2n) is 5.38. The van der Waals surface area contributed by atoms with Crippen molar-refractivity contribution in [1.82, 2.24) is 10.6 Å². The molecule has 3 rings (SSSR count). The zero-order valence-corrected chi connectivity index (χ0v) is 13.2. The molecule has 110 valence electrons. The van der Waals surface area contributed by atoms with Gasteiger partial charge in [0.25, 0.3) is 0 Å². The van der Waals surface area contributed by atoms with Gasteiger partial charge >= 0.3 is 0 Å². The standard InChI is InChI=1S/C14H16Cl2N2O.ClH/c15-9-1-2-10(13(16)3-9)11-4-12(11)14(19)18-7-8-5-17-6-8;/h1-3,8,11-12,17H,4-7H2,(H,18,19);1H. The van der Waals surface area contributed by atoms with Gasteiger partial charge < -0.3 is 10.6 Å². The predicted octanol–water partition coefficient (Wildman–Crippen LogP) is 2.85. The third kappa shape index (κ3) is 3.40. The lowest BCUT2D eigenvalue weighted by Gasteiger charge is -2.27. The normalized spacial score (nSPS) is 24.5. The van der Waals surface area contributed by atoms with Gasteiger partial charge in [-0.2, -0.15) is 0 Å². The van der Waals surface area contributed by atoms with Crippen LogP contribution in [0.2, 0.25) is 10.0 Å². The maximum Gasteiger partial charge on any atom is 0.223 e. The molecule has 1 aliphatic heterocycles. The summed E-state index contributed by atoms with van der Waals surface area (Å²) in [7, 11) is 0. The predicted molar refractivity (Wildman–Crippen MR) is 83.9 cm³/mol. The average molecular weight is 336 g/mol. The fraction of sp³-hybridized carbons (Fsp3) is 0.500. The first-order valence-corrected chi connectivity index (χ1v) is 7.34. The average Bonchev–Trinajstić information content (AvgIpc) is 3.06. The van der Waals surface area contributed by atoms with E-state index in [1.807, 2.05) is 12.1 Å². The topological polar surface area (TPSA) is 41.1 Å². The summed E-state index contributed by atoms with van der Waals surface area (Å²) in [5.74, 6) is 1.08. The minimum Gasteiger partial charge on any atom is -0.355 e. The van der Waals surface area contributed by atoms with Crippen molar-refractivity contribution in [2.45, 2.75) is 12.3 Å². The van der Waals surface area contributed by atoms with E-state index in [1.165, 1.54) is 0 Å². The first-order chi connectivity index (χ1) is 9.15. The molecule has 2 N–H and O–H groups in total. The zero-order chi connectivity index (χ0) is 13.4. The lowest BCUT2D eigenvalue weighted by molar-refractivity contribution is -0.122. The number of halogens is 3. The summed E-state index contributed by atoms with van der Waals surface area (Å²) in [5.41, 5.74) is 1.04. The summed E-state index contributed by atoms with van der Waals surface area (Å²) in [4.78, 5) is 12.0. The van der Waals surface area contributed by atoms with Crippen LogP contribution in [0.15, 0.2) is 18.2 Å². The molecule has 2 atom stereocenters. The molecule has 0 spiro atoms. The Morgan fingerprint density at radius 1 is 1.35 bits per heavy atom. The summed E-state index contributed by atoms with van der Waals surface area (Å²) in [6.45, 7) is 2.80. The molecule has 1 heterocycles. The molecule has 1 aromatic carbocycles. The largest absolute Gasteiger partial charge is 0.355 e. The van der Waals surface area contributed by atoms with E-state index < -0.39 is 0 Å². The van der Waals surface area contributed by atoms with E-state index >= 15 is 0 Å². The van der Waals surface area contributed by atoms with Crippen LogP contribution in [-0.4, -0.2) is 25.5 Å². The third-order valence-corrected chi connectivity index (χ3v) is 4.48. The quantitative estimate of drug-likeness (QED) is 0.888. The number of nitrogens with one attached hydrogen (secondary N) is 2. The summed E-state index contributed by atoms with van der Waals surface area (Å²) in [6, 6.07) is 5.50. The van der Waals surface area contributed by atoms with Crippen LogP contribution in [0, 0.1) is 11.8 Å². The van der Waals surface area contributed by atoms with Crippen molar-refractivity contribution >= 4 is 41.5 Å². The Hall–Kier alpha value is -0.480. The molecule has 2 aliphatic rings. The van der Waals surface area contributed by atoms with Gasteiger partial charge in [-0.3, -0.25) is 4.79 Å². The van der Waals surface area contributed by atoms with E-state index in [0.29, 0.717) is 16.0 Å². The first-order valence-electron chi connectivity index (χ1n) is 6.58. The third-order valence-electron chi connectivity index (χ3n) is 3.92. The van der Waals surface area contributed by atoms with Gasteiger partial charge in [0.1, 0.15) is 0 Å². The second-order valence-corrected chi connectivity index (χ2v) is 6.23. The number of hydrogen-bond acceptors (Lipinski definition) is 2. The summed E-state index contributed by atoms with van der Waals surface area (Å²) in [5, 5.41) is 7.52. The van der Waals surface area contributed by atoms with Crippen LogP contribution >= 0.6 is 35.6 Å². The summed E-state index contributed by atoms with van der Waals surface area (Å²) < 4.78 is 0. The first kappa shape index (κ1) is 15.9. The molecule has 0 bridgehead atoms. The Bertz CT molecular complexity index is 505. The molecule has 0 radical (unpaired) electrons. The molecule has 2 fully saturated rings. The number of carbonyl (C=O) groups is 1. The van der Waals surface area contributed by atoms with Gasteiger partial charge in [-0.25, -0.2) is 0 Å². The molecule has 20 heavy (non-hydrogen) atoms. The van der Waals surface area contributed by atoms with Gasteiger partial charge in [-0.15, -0.1) is 12.4 Å². The van der Waals surface area contributed by atoms with Crippen molar-refractivity contribution in [2.75, 3.05) is 19.6 Å².